The van der Waals surface area contributed by atoms with Crippen molar-refractivity contribution in [2.45, 2.75) is 44.6 Å². The van der Waals surface area contributed by atoms with E-state index in [0.29, 0.717) is 18.9 Å². The van der Waals surface area contributed by atoms with Crippen molar-refractivity contribution >= 4 is 11.9 Å². The summed E-state index contributed by atoms with van der Waals surface area (Å²) in [6, 6.07) is 3.67. The van der Waals surface area contributed by atoms with Crippen LogP contribution in [0.2, 0.25) is 0 Å². The summed E-state index contributed by atoms with van der Waals surface area (Å²) in [7, 11) is 0. The molecule has 2 fully saturated rings. The normalized spacial score (nSPS) is 17.1. The fourth-order valence-electron chi connectivity index (χ4n) is 3.10. The number of nitrogens with zero attached hydrogens (tertiary/aromatic N) is 3. The van der Waals surface area contributed by atoms with Gasteiger partial charge in [0.05, 0.1) is 31.3 Å². The number of pyridine rings is 1. The Hall–Kier alpha value is -2.70. The second kappa shape index (κ2) is 10.7. The average molecular weight is 400 g/mol. The van der Waals surface area contributed by atoms with Gasteiger partial charge in [0, 0.05) is 19.3 Å². The largest absolute Gasteiger partial charge is 0.492 e. The van der Waals surface area contributed by atoms with Crippen LogP contribution in [0.4, 0.5) is 4.79 Å². The predicted octanol–water partition coefficient (Wildman–Crippen LogP) is 1.64. The molecule has 1 aliphatic carbocycles. The lowest BCUT2D eigenvalue weighted by molar-refractivity contribution is -0.118. The molecule has 1 saturated carbocycles. The number of ether oxygens (including phenoxy) is 1. The van der Waals surface area contributed by atoms with Crippen molar-refractivity contribution in [3.63, 3.8) is 0 Å². The van der Waals surface area contributed by atoms with Gasteiger partial charge in [-0.1, -0.05) is 6.42 Å². The molecule has 3 N–H and O–H groups in total. The van der Waals surface area contributed by atoms with Crippen LogP contribution in [0.3, 0.4) is 0 Å². The molecule has 9 heteroatoms. The van der Waals surface area contributed by atoms with Crippen molar-refractivity contribution in [2.24, 2.45) is 5.92 Å². The molecule has 9 nitrogen and oxygen atoms in total. The molecule has 2 aliphatic rings. The topological polar surface area (TPSA) is 119 Å². The first-order valence-corrected chi connectivity index (χ1v) is 10.2. The van der Waals surface area contributed by atoms with Gasteiger partial charge in [0.2, 0.25) is 5.91 Å². The molecule has 156 valence electrons. The highest BCUT2D eigenvalue weighted by Gasteiger charge is 2.25. The number of nitrogens with one attached hydrogen (secondary N) is 3. The van der Waals surface area contributed by atoms with E-state index >= 15 is 0 Å². The number of urea groups is 1. The van der Waals surface area contributed by atoms with E-state index in [9.17, 15) is 9.59 Å². The lowest BCUT2D eigenvalue weighted by Gasteiger charge is -2.18. The number of hydrogen-bond acceptors (Lipinski definition) is 7. The minimum atomic E-state index is -0.300. The molecule has 1 aromatic rings. The minimum Gasteiger partial charge on any atom is -0.492 e. The first kappa shape index (κ1) is 21.0. The Labute approximate surface area is 170 Å². The third-order valence-electron chi connectivity index (χ3n) is 4.99. The number of carbonyl (C=O) groups excluding carboxylic acids is 2. The van der Waals surface area contributed by atoms with Crippen molar-refractivity contribution in [3.8, 4) is 11.8 Å². The Bertz CT molecular complexity index is 746. The number of imide groups is 1. The van der Waals surface area contributed by atoms with E-state index in [1.54, 1.807) is 12.4 Å². The number of nitriles is 1. The van der Waals surface area contributed by atoms with E-state index in [4.69, 9.17) is 10.00 Å². The zero-order valence-corrected chi connectivity index (χ0v) is 16.5. The molecule has 1 aliphatic heterocycles. The smallest absolute Gasteiger partial charge is 0.324 e. The van der Waals surface area contributed by atoms with Crippen LogP contribution in [0.5, 0.6) is 5.75 Å². The van der Waals surface area contributed by atoms with Crippen molar-refractivity contribution < 1.29 is 14.3 Å². The van der Waals surface area contributed by atoms with Gasteiger partial charge in [0.1, 0.15) is 12.3 Å². The molecule has 3 amide bonds. The first-order chi connectivity index (χ1) is 14.2. The lowest BCUT2D eigenvalue weighted by Crippen LogP contribution is -2.36. The Balaban J connectivity index is 1.34. The molecule has 0 radical (unpaired) electrons. The summed E-state index contributed by atoms with van der Waals surface area (Å²) >= 11 is 0. The summed E-state index contributed by atoms with van der Waals surface area (Å²) in [5.74, 6) is 1.18. The SMILES string of the molecule is N#CCC(NNCCCCCN1CC(=O)NC1=O)c1cncc(OCC2CC2)c1. The average Bonchev–Trinajstić information content (AvgIpc) is 3.49. The lowest BCUT2D eigenvalue weighted by atomic mass is 10.1. The Morgan fingerprint density at radius 3 is 2.90 bits per heavy atom. The molecule has 2 heterocycles. The fraction of sp³-hybridized carbons (Fsp3) is 0.600. The van der Waals surface area contributed by atoms with Gasteiger partial charge in [-0.15, -0.1) is 0 Å². The van der Waals surface area contributed by atoms with Gasteiger partial charge in [-0.2, -0.15) is 5.26 Å². The number of aromatic nitrogens is 1. The van der Waals surface area contributed by atoms with E-state index in [2.05, 4.69) is 27.2 Å². The second-order valence-electron chi connectivity index (χ2n) is 7.53. The minimum absolute atomic E-state index is 0.159. The van der Waals surface area contributed by atoms with Crippen LogP contribution in [-0.4, -0.2) is 48.1 Å². The van der Waals surface area contributed by atoms with Crippen LogP contribution in [0.15, 0.2) is 18.5 Å². The van der Waals surface area contributed by atoms with Crippen molar-refractivity contribution in [1.82, 2.24) is 26.1 Å². The maximum absolute atomic E-state index is 11.5. The predicted molar refractivity (Wildman–Crippen MR) is 106 cm³/mol. The highest BCUT2D eigenvalue weighted by atomic mass is 16.5. The van der Waals surface area contributed by atoms with Crippen molar-refractivity contribution in [3.05, 3.63) is 24.0 Å². The van der Waals surface area contributed by atoms with Crippen molar-refractivity contribution in [1.29, 1.82) is 5.26 Å². The fourth-order valence-corrected chi connectivity index (χ4v) is 3.10. The van der Waals surface area contributed by atoms with Gasteiger partial charge in [0.15, 0.2) is 0 Å². The number of hydrogen-bond donors (Lipinski definition) is 3. The van der Waals surface area contributed by atoms with E-state index in [1.807, 2.05) is 6.07 Å². The summed E-state index contributed by atoms with van der Waals surface area (Å²) in [4.78, 5) is 28.4. The van der Waals surface area contributed by atoms with E-state index in [0.717, 1.165) is 43.7 Å². The third-order valence-corrected chi connectivity index (χ3v) is 4.99. The molecule has 1 saturated heterocycles. The van der Waals surface area contributed by atoms with Gasteiger partial charge in [-0.25, -0.2) is 10.2 Å². The first-order valence-electron chi connectivity index (χ1n) is 10.2. The summed E-state index contributed by atoms with van der Waals surface area (Å²) in [6.07, 6.45) is 8.94. The van der Waals surface area contributed by atoms with E-state index in [-0.39, 0.29) is 24.5 Å². The van der Waals surface area contributed by atoms with Crippen LogP contribution in [0.1, 0.15) is 50.1 Å². The highest BCUT2D eigenvalue weighted by Crippen LogP contribution is 2.30. The van der Waals surface area contributed by atoms with Crippen LogP contribution >= 0.6 is 0 Å². The molecule has 0 spiro atoms. The van der Waals surface area contributed by atoms with Crippen LogP contribution < -0.4 is 20.9 Å². The van der Waals surface area contributed by atoms with Crippen LogP contribution in [0.25, 0.3) is 0 Å². The Morgan fingerprint density at radius 1 is 1.31 bits per heavy atom. The molecule has 1 unspecified atom stereocenters. The molecule has 0 bridgehead atoms. The van der Waals surface area contributed by atoms with Gasteiger partial charge in [0.25, 0.3) is 0 Å². The second-order valence-corrected chi connectivity index (χ2v) is 7.53. The quantitative estimate of drug-likeness (QED) is 0.262. The van der Waals surface area contributed by atoms with Gasteiger partial charge >= 0.3 is 6.03 Å². The Kier molecular flexibility index (Phi) is 7.78. The number of unbranched alkanes of at least 4 members (excludes halogenated alkanes) is 2. The number of hydrazine groups is 1. The van der Waals surface area contributed by atoms with E-state index in [1.165, 1.54) is 17.7 Å². The molecule has 1 atom stereocenters. The highest BCUT2D eigenvalue weighted by molar-refractivity contribution is 6.01. The zero-order valence-electron chi connectivity index (χ0n) is 16.5. The summed E-state index contributed by atoms with van der Waals surface area (Å²) in [5, 5.41) is 11.4. The van der Waals surface area contributed by atoms with Gasteiger partial charge in [-0.3, -0.25) is 20.5 Å². The van der Waals surface area contributed by atoms with E-state index < -0.39 is 0 Å². The molecule has 29 heavy (non-hydrogen) atoms. The standard InChI is InChI=1S/C20H28N6O3/c21-7-6-18(16-10-17(12-22-11-16)29-14-15-4-5-15)25-23-8-2-1-3-9-26-13-19(27)24-20(26)28/h10-12,15,18,23,25H,1-6,8-9,13-14H2,(H,24,27,28). The molecular formula is C20H28N6O3. The number of carbonyl (C=O) groups is 2. The maximum atomic E-state index is 11.5. The van der Waals surface area contributed by atoms with Gasteiger partial charge < -0.3 is 9.64 Å². The third kappa shape index (κ3) is 7.00. The van der Waals surface area contributed by atoms with Crippen LogP contribution in [0, 0.1) is 17.2 Å². The summed E-state index contributed by atoms with van der Waals surface area (Å²) in [6.45, 7) is 2.21. The molecular weight excluding hydrogens is 372 g/mol. The summed E-state index contributed by atoms with van der Waals surface area (Å²) < 4.78 is 5.78. The maximum Gasteiger partial charge on any atom is 0.324 e. The van der Waals surface area contributed by atoms with Crippen LogP contribution in [-0.2, 0) is 4.79 Å². The zero-order chi connectivity index (χ0) is 20.5. The van der Waals surface area contributed by atoms with Crippen molar-refractivity contribution in [2.75, 3.05) is 26.2 Å². The number of rotatable bonds is 13. The number of amides is 3. The summed E-state index contributed by atoms with van der Waals surface area (Å²) in [5.41, 5.74) is 7.29. The van der Waals surface area contributed by atoms with Gasteiger partial charge in [-0.05, 0) is 43.2 Å². The molecule has 1 aromatic heterocycles. The monoisotopic (exact) mass is 400 g/mol. The molecule has 0 aromatic carbocycles. The Morgan fingerprint density at radius 2 is 2.17 bits per heavy atom. The molecule has 3 rings (SSSR count).